The molecule has 0 aliphatic heterocycles. The lowest BCUT2D eigenvalue weighted by atomic mass is 10.1. The Morgan fingerprint density at radius 3 is 2.48 bits per heavy atom. The summed E-state index contributed by atoms with van der Waals surface area (Å²) < 4.78 is 0. The van der Waals surface area contributed by atoms with Crippen LogP contribution in [0.3, 0.4) is 0 Å². The third-order valence-corrected chi connectivity index (χ3v) is 3.09. The van der Waals surface area contributed by atoms with Gasteiger partial charge in [-0.25, -0.2) is 4.79 Å². The fourth-order valence-electron chi connectivity index (χ4n) is 1.95. The Labute approximate surface area is 124 Å². The lowest BCUT2D eigenvalue weighted by Gasteiger charge is -2.24. The number of carboxylic acids is 1. The van der Waals surface area contributed by atoms with Crippen molar-refractivity contribution in [2.75, 3.05) is 13.6 Å². The van der Waals surface area contributed by atoms with Crippen LogP contribution in [-0.4, -0.2) is 47.4 Å². The highest BCUT2D eigenvalue weighted by atomic mass is 16.4. The van der Waals surface area contributed by atoms with E-state index in [2.05, 4.69) is 4.99 Å². The molecule has 21 heavy (non-hydrogen) atoms. The minimum atomic E-state index is -1.02. The number of likely N-dealkylation sites (N-methyl/N-ethyl adjacent to an activating group) is 1. The minimum absolute atomic E-state index is 0.304. The molecule has 1 aromatic carbocycles. The van der Waals surface area contributed by atoms with E-state index in [1.54, 1.807) is 37.3 Å². The van der Waals surface area contributed by atoms with Crippen LogP contribution in [-0.2, 0) is 4.79 Å². The normalized spacial score (nSPS) is 12.8. The van der Waals surface area contributed by atoms with Crippen LogP contribution in [0, 0.1) is 0 Å². The van der Waals surface area contributed by atoms with Crippen molar-refractivity contribution in [1.29, 1.82) is 0 Å². The van der Waals surface area contributed by atoms with E-state index in [0.29, 0.717) is 30.8 Å². The second-order valence-electron chi connectivity index (χ2n) is 4.80. The van der Waals surface area contributed by atoms with Crippen LogP contribution in [0.4, 0.5) is 0 Å². The molecule has 3 N–H and O–H groups in total. The standard InChI is InChI=1S/C15H21N3O3/c1-11(16)17-10-6-9-13(15(20)21)18(2)14(19)12-7-4-3-5-8-12/h3-5,7-8,13H,6,9-10H2,1-2H3,(H2,16,17)(H,20,21). The molecular weight excluding hydrogens is 270 g/mol. The summed E-state index contributed by atoms with van der Waals surface area (Å²) in [6, 6.07) is 7.76. The third-order valence-electron chi connectivity index (χ3n) is 3.09. The number of hydrogen-bond donors (Lipinski definition) is 2. The molecule has 1 unspecified atom stereocenters. The highest BCUT2D eigenvalue weighted by Crippen LogP contribution is 2.11. The topological polar surface area (TPSA) is 96.0 Å². The molecule has 0 bridgehead atoms. The molecule has 1 amide bonds. The van der Waals surface area contributed by atoms with Crippen LogP contribution < -0.4 is 5.73 Å². The Balaban J connectivity index is 2.69. The van der Waals surface area contributed by atoms with E-state index in [9.17, 15) is 14.7 Å². The maximum atomic E-state index is 12.2. The van der Waals surface area contributed by atoms with Gasteiger partial charge in [0, 0.05) is 19.2 Å². The third kappa shape index (κ3) is 5.25. The van der Waals surface area contributed by atoms with Crippen molar-refractivity contribution in [3.8, 4) is 0 Å². The average molecular weight is 291 g/mol. The maximum absolute atomic E-state index is 12.2. The molecule has 0 saturated carbocycles. The smallest absolute Gasteiger partial charge is 0.326 e. The predicted molar refractivity (Wildman–Crippen MR) is 81.4 cm³/mol. The number of rotatable bonds is 7. The number of carbonyl (C=O) groups is 2. The first kappa shape index (κ1) is 16.7. The van der Waals surface area contributed by atoms with Gasteiger partial charge < -0.3 is 15.7 Å². The fraction of sp³-hybridized carbons (Fsp3) is 0.400. The van der Waals surface area contributed by atoms with Gasteiger partial charge in [-0.3, -0.25) is 9.79 Å². The highest BCUT2D eigenvalue weighted by molar-refractivity contribution is 5.96. The van der Waals surface area contributed by atoms with E-state index in [1.807, 2.05) is 0 Å². The van der Waals surface area contributed by atoms with Gasteiger partial charge in [0.2, 0.25) is 0 Å². The van der Waals surface area contributed by atoms with Crippen molar-refractivity contribution in [1.82, 2.24) is 4.90 Å². The summed E-state index contributed by atoms with van der Waals surface area (Å²) >= 11 is 0. The van der Waals surface area contributed by atoms with Crippen LogP contribution in [0.25, 0.3) is 0 Å². The van der Waals surface area contributed by atoms with Crippen molar-refractivity contribution < 1.29 is 14.7 Å². The number of aliphatic carboxylic acids is 1. The SMILES string of the molecule is CC(N)=NCCCC(C(=O)O)N(C)C(=O)c1ccccc1. The zero-order valence-corrected chi connectivity index (χ0v) is 12.3. The molecule has 0 fully saturated rings. The number of benzene rings is 1. The fourth-order valence-corrected chi connectivity index (χ4v) is 1.95. The Morgan fingerprint density at radius 2 is 1.95 bits per heavy atom. The monoisotopic (exact) mass is 291 g/mol. The first-order chi connectivity index (χ1) is 9.93. The van der Waals surface area contributed by atoms with Gasteiger partial charge in [-0.1, -0.05) is 18.2 Å². The zero-order chi connectivity index (χ0) is 15.8. The number of amidine groups is 1. The summed E-state index contributed by atoms with van der Waals surface area (Å²) in [6.45, 7) is 2.14. The van der Waals surface area contributed by atoms with E-state index in [0.717, 1.165) is 0 Å². The highest BCUT2D eigenvalue weighted by Gasteiger charge is 2.26. The van der Waals surface area contributed by atoms with Gasteiger partial charge in [-0.15, -0.1) is 0 Å². The van der Waals surface area contributed by atoms with E-state index in [1.165, 1.54) is 11.9 Å². The molecule has 0 aliphatic carbocycles. The number of nitrogens with zero attached hydrogens (tertiary/aromatic N) is 2. The van der Waals surface area contributed by atoms with Gasteiger partial charge in [0.15, 0.2) is 0 Å². The van der Waals surface area contributed by atoms with Crippen LogP contribution >= 0.6 is 0 Å². The van der Waals surface area contributed by atoms with Crippen molar-refractivity contribution in [3.63, 3.8) is 0 Å². The molecule has 114 valence electrons. The van der Waals surface area contributed by atoms with Crippen molar-refractivity contribution in [2.45, 2.75) is 25.8 Å². The molecule has 0 radical (unpaired) electrons. The van der Waals surface area contributed by atoms with E-state index < -0.39 is 12.0 Å². The Morgan fingerprint density at radius 1 is 1.33 bits per heavy atom. The van der Waals surface area contributed by atoms with E-state index in [4.69, 9.17) is 5.73 Å². The first-order valence-electron chi connectivity index (χ1n) is 6.75. The van der Waals surface area contributed by atoms with E-state index in [-0.39, 0.29) is 5.91 Å². The number of aliphatic imine (C=N–C) groups is 1. The number of nitrogens with two attached hydrogens (primary N) is 1. The molecule has 6 heteroatoms. The lowest BCUT2D eigenvalue weighted by Crippen LogP contribution is -2.42. The quantitative estimate of drug-likeness (QED) is 0.450. The first-order valence-corrected chi connectivity index (χ1v) is 6.75. The van der Waals surface area contributed by atoms with Crippen molar-refractivity contribution in [2.24, 2.45) is 10.7 Å². The van der Waals surface area contributed by atoms with Gasteiger partial charge in [-0.2, -0.15) is 0 Å². The summed E-state index contributed by atoms with van der Waals surface area (Å²) in [5.74, 6) is -0.854. The zero-order valence-electron chi connectivity index (χ0n) is 12.3. The van der Waals surface area contributed by atoms with Crippen molar-refractivity contribution in [3.05, 3.63) is 35.9 Å². The van der Waals surface area contributed by atoms with Gasteiger partial charge in [-0.05, 0) is 31.9 Å². The van der Waals surface area contributed by atoms with Crippen LogP contribution in [0.1, 0.15) is 30.1 Å². The van der Waals surface area contributed by atoms with Crippen molar-refractivity contribution >= 4 is 17.7 Å². The second kappa shape index (κ2) is 8.04. The Kier molecular flexibility index (Phi) is 6.39. The summed E-state index contributed by atoms with van der Waals surface area (Å²) in [7, 11) is 1.51. The van der Waals surface area contributed by atoms with Gasteiger partial charge in [0.05, 0.1) is 5.84 Å². The van der Waals surface area contributed by atoms with Crippen LogP contribution in [0.15, 0.2) is 35.3 Å². The Hall–Kier alpha value is -2.37. The molecule has 1 atom stereocenters. The summed E-state index contributed by atoms with van der Waals surface area (Å²) in [6.07, 6.45) is 0.888. The molecule has 6 nitrogen and oxygen atoms in total. The van der Waals surface area contributed by atoms with Gasteiger partial charge >= 0.3 is 5.97 Å². The summed E-state index contributed by atoms with van der Waals surface area (Å²) in [5.41, 5.74) is 5.90. The number of carboxylic acid groups (broad SMARTS) is 1. The molecule has 0 heterocycles. The van der Waals surface area contributed by atoms with Crippen LogP contribution in [0.5, 0.6) is 0 Å². The predicted octanol–water partition coefficient (Wildman–Crippen LogP) is 1.37. The minimum Gasteiger partial charge on any atom is -0.480 e. The molecule has 0 aromatic heterocycles. The number of amides is 1. The number of carbonyl (C=O) groups excluding carboxylic acids is 1. The second-order valence-corrected chi connectivity index (χ2v) is 4.80. The van der Waals surface area contributed by atoms with Gasteiger partial charge in [0.25, 0.3) is 5.91 Å². The summed E-state index contributed by atoms with van der Waals surface area (Å²) in [4.78, 5) is 28.9. The number of hydrogen-bond acceptors (Lipinski definition) is 3. The summed E-state index contributed by atoms with van der Waals surface area (Å²) in [5, 5.41) is 9.29. The van der Waals surface area contributed by atoms with Gasteiger partial charge in [0.1, 0.15) is 6.04 Å². The molecule has 1 aromatic rings. The largest absolute Gasteiger partial charge is 0.480 e. The molecule has 0 spiro atoms. The molecule has 0 saturated heterocycles. The molecular formula is C15H21N3O3. The lowest BCUT2D eigenvalue weighted by molar-refractivity contribution is -0.142. The Bertz CT molecular complexity index is 510. The molecule has 1 rings (SSSR count). The van der Waals surface area contributed by atoms with E-state index >= 15 is 0 Å². The van der Waals surface area contributed by atoms with Crippen LogP contribution in [0.2, 0.25) is 0 Å². The molecule has 0 aliphatic rings. The average Bonchev–Trinajstić information content (AvgIpc) is 2.46. The maximum Gasteiger partial charge on any atom is 0.326 e.